The van der Waals surface area contributed by atoms with E-state index in [1.165, 1.54) is 19.3 Å². The van der Waals surface area contributed by atoms with Crippen LogP contribution in [0.5, 0.6) is 0 Å². The molecule has 0 aromatic rings. The predicted octanol–water partition coefficient (Wildman–Crippen LogP) is 1.12. The molecule has 3 fully saturated rings. The molecule has 0 radical (unpaired) electrons. The van der Waals surface area contributed by atoms with Gasteiger partial charge in [-0.25, -0.2) is 0 Å². The van der Waals surface area contributed by atoms with Gasteiger partial charge in [0.15, 0.2) is 0 Å². The summed E-state index contributed by atoms with van der Waals surface area (Å²) in [6, 6.07) is 1.81. The van der Waals surface area contributed by atoms with Crippen LogP contribution in [0.15, 0.2) is 0 Å². The van der Waals surface area contributed by atoms with Crippen LogP contribution < -0.4 is 10.6 Å². The molecule has 3 saturated heterocycles. The molecule has 3 rings (SSSR count). The van der Waals surface area contributed by atoms with Gasteiger partial charge < -0.3 is 15.5 Å². The third kappa shape index (κ3) is 2.95. The zero-order valence-electron chi connectivity index (χ0n) is 12.0. The number of fused-ring (bicyclic) bond motifs is 2. The smallest absolute Gasteiger partial charge is 0.224 e. The summed E-state index contributed by atoms with van der Waals surface area (Å²) in [6.07, 6.45) is 8.48. The molecule has 2 unspecified atom stereocenters. The van der Waals surface area contributed by atoms with E-state index < -0.39 is 0 Å². The van der Waals surface area contributed by atoms with E-state index in [-0.39, 0.29) is 5.92 Å². The monoisotopic (exact) mass is 265 g/mol. The summed E-state index contributed by atoms with van der Waals surface area (Å²) < 4.78 is 0. The summed E-state index contributed by atoms with van der Waals surface area (Å²) in [5.41, 5.74) is 0. The molecule has 2 bridgehead atoms. The van der Waals surface area contributed by atoms with Crippen LogP contribution in [0, 0.1) is 5.92 Å². The van der Waals surface area contributed by atoms with Crippen molar-refractivity contribution in [1.82, 2.24) is 15.5 Å². The zero-order valence-corrected chi connectivity index (χ0v) is 12.0. The number of rotatable bonds is 2. The zero-order chi connectivity index (χ0) is 13.2. The molecule has 3 atom stereocenters. The molecule has 3 aliphatic heterocycles. The quantitative estimate of drug-likeness (QED) is 0.786. The van der Waals surface area contributed by atoms with Crippen molar-refractivity contribution in [3.05, 3.63) is 0 Å². The van der Waals surface area contributed by atoms with Crippen molar-refractivity contribution in [2.45, 2.75) is 63.1 Å². The molecule has 4 heteroatoms. The third-order valence-electron chi connectivity index (χ3n) is 5.35. The van der Waals surface area contributed by atoms with E-state index in [2.05, 4.69) is 22.6 Å². The molecule has 3 aliphatic rings. The van der Waals surface area contributed by atoms with E-state index in [1.54, 1.807) is 0 Å². The summed E-state index contributed by atoms with van der Waals surface area (Å²) in [5.74, 6) is 0.494. The molecule has 0 aromatic heterocycles. The van der Waals surface area contributed by atoms with E-state index in [4.69, 9.17) is 0 Å². The van der Waals surface area contributed by atoms with Crippen LogP contribution in [-0.2, 0) is 4.79 Å². The topological polar surface area (TPSA) is 44.4 Å². The van der Waals surface area contributed by atoms with Crippen molar-refractivity contribution in [2.75, 3.05) is 20.1 Å². The number of piperidine rings is 3. The van der Waals surface area contributed by atoms with Crippen molar-refractivity contribution < 1.29 is 4.79 Å². The molecule has 0 spiro atoms. The lowest BCUT2D eigenvalue weighted by Gasteiger charge is -2.47. The molecular formula is C15H27N3O. The van der Waals surface area contributed by atoms with Gasteiger partial charge in [-0.05, 0) is 52.1 Å². The fourth-order valence-corrected chi connectivity index (χ4v) is 4.13. The maximum atomic E-state index is 12.3. The molecular weight excluding hydrogens is 238 g/mol. The van der Waals surface area contributed by atoms with Gasteiger partial charge in [0.05, 0.1) is 5.92 Å². The Morgan fingerprint density at radius 3 is 2.53 bits per heavy atom. The van der Waals surface area contributed by atoms with E-state index >= 15 is 0 Å². The molecule has 3 heterocycles. The molecule has 19 heavy (non-hydrogen) atoms. The Morgan fingerprint density at radius 1 is 1.16 bits per heavy atom. The lowest BCUT2D eigenvalue weighted by molar-refractivity contribution is -0.127. The molecule has 0 aliphatic carbocycles. The largest absolute Gasteiger partial charge is 0.353 e. The summed E-state index contributed by atoms with van der Waals surface area (Å²) in [5, 5.41) is 6.66. The van der Waals surface area contributed by atoms with E-state index in [9.17, 15) is 4.79 Å². The van der Waals surface area contributed by atoms with Gasteiger partial charge in [-0.15, -0.1) is 0 Å². The summed E-state index contributed by atoms with van der Waals surface area (Å²) in [7, 11) is 2.26. The minimum absolute atomic E-state index is 0.202. The summed E-state index contributed by atoms with van der Waals surface area (Å²) >= 11 is 0. The second kappa shape index (κ2) is 5.80. The van der Waals surface area contributed by atoms with Gasteiger partial charge >= 0.3 is 0 Å². The van der Waals surface area contributed by atoms with Crippen LogP contribution >= 0.6 is 0 Å². The standard InChI is InChI=1S/C15H27N3O/c1-18-13-5-2-6-14(18)9-12(8-13)17-15(19)11-4-3-7-16-10-11/h11-14,16H,2-10H2,1H3,(H,17,19)/t11-,12?,13?,14?/m1/s1. The van der Waals surface area contributed by atoms with Crippen LogP contribution in [-0.4, -0.2) is 49.1 Å². The Labute approximate surface area is 116 Å². The highest BCUT2D eigenvalue weighted by Crippen LogP contribution is 2.32. The van der Waals surface area contributed by atoms with E-state index in [1.807, 2.05) is 0 Å². The number of hydrogen-bond acceptors (Lipinski definition) is 3. The normalized spacial score (nSPS) is 39.8. The number of nitrogens with zero attached hydrogens (tertiary/aromatic N) is 1. The molecule has 0 saturated carbocycles. The Hall–Kier alpha value is -0.610. The van der Waals surface area contributed by atoms with Crippen LogP contribution in [0.3, 0.4) is 0 Å². The van der Waals surface area contributed by atoms with Crippen molar-refractivity contribution in [1.29, 1.82) is 0 Å². The number of carbonyl (C=O) groups is 1. The van der Waals surface area contributed by atoms with Gasteiger partial charge in [-0.3, -0.25) is 4.79 Å². The first-order valence-corrected chi connectivity index (χ1v) is 7.97. The number of hydrogen-bond donors (Lipinski definition) is 2. The van der Waals surface area contributed by atoms with Crippen molar-refractivity contribution >= 4 is 5.91 Å². The van der Waals surface area contributed by atoms with Crippen LogP contribution in [0.4, 0.5) is 0 Å². The van der Waals surface area contributed by atoms with E-state index in [0.717, 1.165) is 38.8 Å². The van der Waals surface area contributed by atoms with Gasteiger partial charge in [-0.1, -0.05) is 6.42 Å². The molecule has 108 valence electrons. The number of nitrogens with one attached hydrogen (secondary N) is 2. The lowest BCUT2D eigenvalue weighted by atomic mass is 9.82. The SMILES string of the molecule is CN1C2CCCC1CC(NC(=O)[C@@H]1CCCNC1)C2. The average Bonchev–Trinajstić information content (AvgIpc) is 2.41. The Balaban J connectivity index is 1.54. The van der Waals surface area contributed by atoms with Crippen LogP contribution in [0.2, 0.25) is 0 Å². The van der Waals surface area contributed by atoms with Gasteiger partial charge in [0, 0.05) is 24.7 Å². The van der Waals surface area contributed by atoms with Crippen LogP contribution in [0.25, 0.3) is 0 Å². The first kappa shape index (κ1) is 13.4. The van der Waals surface area contributed by atoms with Gasteiger partial charge in [0.1, 0.15) is 0 Å². The maximum Gasteiger partial charge on any atom is 0.224 e. The number of amides is 1. The lowest BCUT2D eigenvalue weighted by Crippen LogP contribution is -2.56. The Bertz CT molecular complexity index is 313. The molecule has 2 N–H and O–H groups in total. The van der Waals surface area contributed by atoms with Gasteiger partial charge in [-0.2, -0.15) is 0 Å². The van der Waals surface area contributed by atoms with Gasteiger partial charge in [0.2, 0.25) is 5.91 Å². The second-order valence-electron chi connectivity index (χ2n) is 6.62. The van der Waals surface area contributed by atoms with Crippen molar-refractivity contribution in [3.8, 4) is 0 Å². The second-order valence-corrected chi connectivity index (χ2v) is 6.62. The van der Waals surface area contributed by atoms with E-state index in [0.29, 0.717) is 24.0 Å². The Morgan fingerprint density at radius 2 is 1.89 bits per heavy atom. The van der Waals surface area contributed by atoms with Crippen LogP contribution in [0.1, 0.15) is 44.9 Å². The minimum atomic E-state index is 0.202. The highest BCUT2D eigenvalue weighted by atomic mass is 16.2. The minimum Gasteiger partial charge on any atom is -0.353 e. The average molecular weight is 265 g/mol. The predicted molar refractivity (Wildman–Crippen MR) is 75.9 cm³/mol. The van der Waals surface area contributed by atoms with Crippen molar-refractivity contribution in [2.24, 2.45) is 5.92 Å². The molecule has 1 amide bonds. The highest BCUT2D eigenvalue weighted by molar-refractivity contribution is 5.79. The molecule has 4 nitrogen and oxygen atoms in total. The first-order valence-electron chi connectivity index (χ1n) is 7.97. The highest BCUT2D eigenvalue weighted by Gasteiger charge is 2.37. The third-order valence-corrected chi connectivity index (χ3v) is 5.35. The van der Waals surface area contributed by atoms with Crippen molar-refractivity contribution in [3.63, 3.8) is 0 Å². The molecule has 0 aromatic carbocycles. The fourth-order valence-electron chi connectivity index (χ4n) is 4.13. The fraction of sp³-hybridized carbons (Fsp3) is 0.933. The maximum absolute atomic E-state index is 12.3. The summed E-state index contributed by atoms with van der Waals surface area (Å²) in [6.45, 7) is 1.94. The Kier molecular flexibility index (Phi) is 4.08. The summed E-state index contributed by atoms with van der Waals surface area (Å²) in [4.78, 5) is 14.9. The number of carbonyl (C=O) groups excluding carboxylic acids is 1. The first-order chi connectivity index (χ1) is 9.24. The van der Waals surface area contributed by atoms with Gasteiger partial charge in [0.25, 0.3) is 0 Å².